The van der Waals surface area contributed by atoms with Gasteiger partial charge >= 0.3 is 51.4 Å². The molecule has 0 aliphatic carbocycles. The van der Waals surface area contributed by atoms with Gasteiger partial charge in [-0.25, -0.2) is 17.6 Å². The summed E-state index contributed by atoms with van der Waals surface area (Å²) < 4.78 is 53.0. The van der Waals surface area contributed by atoms with Crippen LogP contribution in [0, 0.1) is 23.3 Å². The first-order valence-corrected chi connectivity index (χ1v) is 5.17. The van der Waals surface area contributed by atoms with Crippen molar-refractivity contribution in [2.24, 2.45) is 0 Å². The molecule has 9 heteroatoms. The van der Waals surface area contributed by atoms with Crippen molar-refractivity contribution in [2.75, 3.05) is 5.73 Å². The Labute approximate surface area is 158 Å². The fraction of sp³-hybridized carbons (Fsp3) is 0. The molecule has 20 heavy (non-hydrogen) atoms. The molecule has 0 bridgehead atoms. The smallest absolute Gasteiger partial charge is 0.858 e. The summed E-state index contributed by atoms with van der Waals surface area (Å²) in [6.07, 6.45) is 0. The van der Waals surface area contributed by atoms with E-state index in [9.17, 15) is 22.7 Å². The summed E-state index contributed by atoms with van der Waals surface area (Å²) in [5, 5.41) is 10.6. The minimum absolute atomic E-state index is 0. The van der Waals surface area contributed by atoms with Gasteiger partial charge in [0.15, 0.2) is 17.5 Å². The predicted molar refractivity (Wildman–Crippen MR) is 58.4 cm³/mol. The van der Waals surface area contributed by atoms with Gasteiger partial charge in [-0.15, -0.1) is 0 Å². The van der Waals surface area contributed by atoms with E-state index in [0.717, 1.165) is 0 Å². The molecule has 0 amide bonds. The van der Waals surface area contributed by atoms with E-state index in [1.165, 1.54) is 0 Å². The largest absolute Gasteiger partial charge is 1.00 e. The van der Waals surface area contributed by atoms with Gasteiger partial charge in [0.1, 0.15) is 11.5 Å². The number of nitrogens with zero attached hydrogens (tertiary/aromatic N) is 1. The Bertz CT molecular complexity index is 684. The molecule has 0 unspecified atom stereocenters. The summed E-state index contributed by atoms with van der Waals surface area (Å²) in [4.78, 5) is 3.16. The number of rotatable bonds is 1. The fourth-order valence-corrected chi connectivity index (χ4v) is 1.55. The molecule has 2 N–H and O–H groups in total. The zero-order valence-corrected chi connectivity index (χ0v) is 13.9. The quantitative estimate of drug-likeness (QED) is 0.440. The van der Waals surface area contributed by atoms with Crippen LogP contribution >= 0.6 is 11.6 Å². The van der Waals surface area contributed by atoms with Gasteiger partial charge in [0.05, 0.1) is 10.7 Å². The number of anilines is 1. The molecular formula is C11H4ClF4KN2O. The van der Waals surface area contributed by atoms with Crippen molar-refractivity contribution >= 4 is 17.3 Å². The summed E-state index contributed by atoms with van der Waals surface area (Å²) in [5.74, 6) is -6.54. The van der Waals surface area contributed by atoms with E-state index in [1.807, 2.05) is 0 Å². The first-order valence-electron chi connectivity index (χ1n) is 4.79. The van der Waals surface area contributed by atoms with Gasteiger partial charge in [0.2, 0.25) is 0 Å². The number of aromatic nitrogens is 1. The molecule has 0 saturated heterocycles. The standard InChI is InChI=1S/C11H5ClF4N2O.K/c12-7-9(17)8(16)10(18-11(7)19)3-1-5(14)6(15)2-4(3)13;/h1-2H,(H3,17,18,19);/q;+1/p-1. The normalized spacial score (nSPS) is 10.2. The molecule has 2 aromatic rings. The minimum Gasteiger partial charge on any atom is -0.858 e. The Kier molecular flexibility index (Phi) is 5.82. The molecule has 0 saturated carbocycles. The molecule has 0 spiro atoms. The first-order chi connectivity index (χ1) is 8.82. The zero-order chi connectivity index (χ0) is 14.3. The number of hydrogen-bond acceptors (Lipinski definition) is 3. The second kappa shape index (κ2) is 6.59. The van der Waals surface area contributed by atoms with Gasteiger partial charge < -0.3 is 10.8 Å². The molecule has 1 aromatic carbocycles. The van der Waals surface area contributed by atoms with E-state index < -0.39 is 51.1 Å². The van der Waals surface area contributed by atoms with Gasteiger partial charge in [-0.3, -0.25) is 4.98 Å². The van der Waals surface area contributed by atoms with Gasteiger partial charge in [0, 0.05) is 17.5 Å². The third kappa shape index (κ3) is 3.10. The average Bonchev–Trinajstić information content (AvgIpc) is 2.36. The van der Waals surface area contributed by atoms with Crippen molar-refractivity contribution in [1.29, 1.82) is 0 Å². The molecule has 100 valence electrons. The SMILES string of the molecule is Nc1c(F)c(-c2cc(F)c(F)cc2F)nc([O-])c1Cl.[K+]. The molecule has 1 aromatic heterocycles. The van der Waals surface area contributed by atoms with Crippen LogP contribution in [-0.2, 0) is 0 Å². The molecule has 1 heterocycles. The maximum atomic E-state index is 13.7. The summed E-state index contributed by atoms with van der Waals surface area (Å²) in [5.41, 5.74) is 2.91. The Morgan fingerprint density at radius 3 is 2.20 bits per heavy atom. The Balaban J connectivity index is 0.00000200. The molecule has 3 nitrogen and oxygen atoms in total. The molecule has 2 rings (SSSR count). The van der Waals surface area contributed by atoms with Crippen LogP contribution in [0.2, 0.25) is 5.02 Å². The maximum Gasteiger partial charge on any atom is 1.00 e. The second-order valence-corrected chi connectivity index (χ2v) is 3.93. The number of nitrogen functional groups attached to an aromatic ring is 1. The number of hydrogen-bond donors (Lipinski definition) is 1. The average molecular weight is 331 g/mol. The van der Waals surface area contributed by atoms with Crippen LogP contribution in [0.4, 0.5) is 23.2 Å². The van der Waals surface area contributed by atoms with E-state index in [0.29, 0.717) is 6.07 Å². The minimum atomic E-state index is -1.45. The van der Waals surface area contributed by atoms with Crippen LogP contribution in [0.5, 0.6) is 5.88 Å². The van der Waals surface area contributed by atoms with Crippen LogP contribution < -0.4 is 62.2 Å². The summed E-state index contributed by atoms with van der Waals surface area (Å²) in [7, 11) is 0. The van der Waals surface area contributed by atoms with Gasteiger partial charge in [-0.2, -0.15) is 0 Å². The van der Waals surface area contributed by atoms with Gasteiger partial charge in [0.25, 0.3) is 0 Å². The van der Waals surface area contributed by atoms with E-state index in [2.05, 4.69) is 4.98 Å². The first kappa shape index (κ1) is 17.7. The Morgan fingerprint density at radius 1 is 1.05 bits per heavy atom. The third-order valence-electron chi connectivity index (χ3n) is 2.35. The topological polar surface area (TPSA) is 62.0 Å². The monoisotopic (exact) mass is 330 g/mol. The van der Waals surface area contributed by atoms with Crippen LogP contribution in [0.3, 0.4) is 0 Å². The molecular weight excluding hydrogens is 327 g/mol. The predicted octanol–water partition coefficient (Wildman–Crippen LogP) is -0.382. The molecule has 0 atom stereocenters. The Morgan fingerprint density at radius 2 is 1.60 bits per heavy atom. The van der Waals surface area contributed by atoms with Crippen LogP contribution in [0.25, 0.3) is 11.3 Å². The van der Waals surface area contributed by atoms with Crippen LogP contribution in [0.15, 0.2) is 12.1 Å². The third-order valence-corrected chi connectivity index (χ3v) is 2.71. The van der Waals surface area contributed by atoms with Crippen molar-refractivity contribution in [1.82, 2.24) is 4.98 Å². The van der Waals surface area contributed by atoms with Crippen LogP contribution in [-0.4, -0.2) is 4.98 Å². The van der Waals surface area contributed by atoms with Crippen molar-refractivity contribution in [3.63, 3.8) is 0 Å². The number of halogens is 5. The van der Waals surface area contributed by atoms with E-state index in [4.69, 9.17) is 17.3 Å². The van der Waals surface area contributed by atoms with Gasteiger partial charge in [-0.1, -0.05) is 11.6 Å². The molecule has 0 fully saturated rings. The summed E-state index contributed by atoms with van der Waals surface area (Å²) in [6, 6.07) is 0.587. The Hall–Kier alpha value is -0.384. The van der Waals surface area contributed by atoms with Crippen molar-refractivity contribution in [3.8, 4) is 17.1 Å². The molecule has 0 aliphatic heterocycles. The number of nitrogens with two attached hydrogens (primary N) is 1. The maximum absolute atomic E-state index is 13.7. The molecule has 0 aliphatic rings. The summed E-state index contributed by atoms with van der Waals surface area (Å²) >= 11 is 5.37. The van der Waals surface area contributed by atoms with Crippen molar-refractivity contribution in [2.45, 2.75) is 0 Å². The summed E-state index contributed by atoms with van der Waals surface area (Å²) in [6.45, 7) is 0. The van der Waals surface area contributed by atoms with Crippen molar-refractivity contribution in [3.05, 3.63) is 40.4 Å². The van der Waals surface area contributed by atoms with Crippen LogP contribution in [0.1, 0.15) is 0 Å². The number of benzene rings is 1. The van der Waals surface area contributed by atoms with E-state index >= 15 is 0 Å². The molecule has 0 radical (unpaired) electrons. The number of pyridine rings is 1. The zero-order valence-electron chi connectivity index (χ0n) is 9.98. The second-order valence-electron chi connectivity index (χ2n) is 3.55. The van der Waals surface area contributed by atoms with Gasteiger partial charge in [-0.05, 0) is 6.07 Å². The van der Waals surface area contributed by atoms with E-state index in [-0.39, 0.29) is 57.5 Å². The van der Waals surface area contributed by atoms with E-state index in [1.54, 1.807) is 0 Å². The fourth-order valence-electron chi connectivity index (χ4n) is 1.42. The van der Waals surface area contributed by atoms with Crippen molar-refractivity contribution < 1.29 is 74.1 Å².